The molecular weight excluding hydrogens is 368 g/mol. The quantitative estimate of drug-likeness (QED) is 0.524. The van der Waals surface area contributed by atoms with E-state index in [-0.39, 0.29) is 4.90 Å². The van der Waals surface area contributed by atoms with Crippen LogP contribution in [0.4, 0.5) is 0 Å². The Balaban J connectivity index is 1.65. The topological polar surface area (TPSA) is 58.5 Å². The number of hydrazone groups is 1. The lowest BCUT2D eigenvalue weighted by Gasteiger charge is -2.28. The number of rotatable bonds is 6. The lowest BCUT2D eigenvalue weighted by Crippen LogP contribution is -2.20. The van der Waals surface area contributed by atoms with Crippen LogP contribution in [-0.4, -0.2) is 14.1 Å². The Bertz CT molecular complexity index is 908. The molecule has 0 spiro atoms. The number of sulfonamides is 1. The monoisotopic (exact) mass is 398 g/mol. The lowest BCUT2D eigenvalue weighted by molar-refractivity contribution is 0.319. The first-order valence-electron chi connectivity index (χ1n) is 10.1. The van der Waals surface area contributed by atoms with Crippen molar-refractivity contribution in [3.05, 3.63) is 65.2 Å². The Morgan fingerprint density at radius 3 is 2.18 bits per heavy atom. The molecule has 1 fully saturated rings. The number of benzene rings is 2. The summed E-state index contributed by atoms with van der Waals surface area (Å²) in [4.78, 5) is 2.56. The Hall–Kier alpha value is -2.14. The molecule has 0 amide bonds. The molecule has 28 heavy (non-hydrogen) atoms. The molecule has 1 aliphatic carbocycles. The molecule has 5 heteroatoms. The second kappa shape index (κ2) is 8.91. The minimum absolute atomic E-state index is 0.215. The Morgan fingerprint density at radius 1 is 1.00 bits per heavy atom. The van der Waals surface area contributed by atoms with Crippen molar-refractivity contribution in [2.75, 3.05) is 0 Å². The SMILES string of the molecule is CCC1CCC(c2ccc(C(C)=NNS(=O)(=O)c3ccc(C)cc3)cc2)CC1. The van der Waals surface area contributed by atoms with Crippen molar-refractivity contribution in [2.24, 2.45) is 11.0 Å². The largest absolute Gasteiger partial charge is 0.276 e. The first kappa shape index (κ1) is 20.6. The number of aryl methyl sites for hydroxylation is 1. The van der Waals surface area contributed by atoms with Gasteiger partial charge in [-0.3, -0.25) is 0 Å². The number of nitrogens with zero attached hydrogens (tertiary/aromatic N) is 1. The van der Waals surface area contributed by atoms with Gasteiger partial charge < -0.3 is 0 Å². The third-order valence-corrected chi connectivity index (χ3v) is 7.11. The van der Waals surface area contributed by atoms with Crippen LogP contribution >= 0.6 is 0 Å². The van der Waals surface area contributed by atoms with Gasteiger partial charge in [0.25, 0.3) is 10.0 Å². The first-order valence-corrected chi connectivity index (χ1v) is 11.6. The van der Waals surface area contributed by atoms with E-state index in [0.717, 1.165) is 17.0 Å². The third-order valence-electron chi connectivity index (χ3n) is 5.89. The second-order valence-electron chi connectivity index (χ2n) is 7.85. The molecule has 0 bridgehead atoms. The Morgan fingerprint density at radius 2 is 1.61 bits per heavy atom. The lowest BCUT2D eigenvalue weighted by atomic mass is 9.78. The maximum Gasteiger partial charge on any atom is 0.276 e. The van der Waals surface area contributed by atoms with Gasteiger partial charge in [-0.2, -0.15) is 18.4 Å². The molecule has 0 radical (unpaired) electrons. The molecule has 1 saturated carbocycles. The van der Waals surface area contributed by atoms with Crippen molar-refractivity contribution >= 4 is 15.7 Å². The normalized spacial score (nSPS) is 20.8. The zero-order valence-corrected chi connectivity index (χ0v) is 17.8. The molecule has 2 aromatic carbocycles. The maximum absolute atomic E-state index is 12.4. The third kappa shape index (κ3) is 5.02. The van der Waals surface area contributed by atoms with Gasteiger partial charge in [0.15, 0.2) is 0 Å². The zero-order valence-electron chi connectivity index (χ0n) is 17.0. The number of hydrogen-bond acceptors (Lipinski definition) is 3. The van der Waals surface area contributed by atoms with E-state index in [1.165, 1.54) is 37.7 Å². The molecule has 0 aliphatic heterocycles. The van der Waals surface area contributed by atoms with Gasteiger partial charge in [0, 0.05) is 0 Å². The molecule has 150 valence electrons. The predicted octanol–water partition coefficient (Wildman–Crippen LogP) is 5.38. The van der Waals surface area contributed by atoms with E-state index in [1.54, 1.807) is 24.3 Å². The van der Waals surface area contributed by atoms with E-state index in [2.05, 4.69) is 29.0 Å². The van der Waals surface area contributed by atoms with Gasteiger partial charge in [-0.05, 0) is 74.6 Å². The van der Waals surface area contributed by atoms with Crippen LogP contribution in [0.5, 0.6) is 0 Å². The van der Waals surface area contributed by atoms with E-state index < -0.39 is 10.0 Å². The van der Waals surface area contributed by atoms with Crippen LogP contribution in [0.2, 0.25) is 0 Å². The van der Waals surface area contributed by atoms with Crippen LogP contribution in [0, 0.1) is 12.8 Å². The maximum atomic E-state index is 12.4. The minimum Gasteiger partial charge on any atom is -0.200 e. The molecule has 4 nitrogen and oxygen atoms in total. The second-order valence-corrected chi connectivity index (χ2v) is 9.51. The summed E-state index contributed by atoms with van der Waals surface area (Å²) >= 11 is 0. The smallest absolute Gasteiger partial charge is 0.200 e. The molecule has 1 N–H and O–H groups in total. The van der Waals surface area contributed by atoms with E-state index in [1.807, 2.05) is 26.0 Å². The summed E-state index contributed by atoms with van der Waals surface area (Å²) in [5.41, 5.74) is 3.97. The van der Waals surface area contributed by atoms with Crippen LogP contribution in [0.15, 0.2) is 58.5 Å². The fraction of sp³-hybridized carbons (Fsp3) is 0.435. The Labute approximate surface area is 169 Å². The van der Waals surface area contributed by atoms with Crippen molar-refractivity contribution in [3.8, 4) is 0 Å². The van der Waals surface area contributed by atoms with Crippen LogP contribution in [0.25, 0.3) is 0 Å². The van der Waals surface area contributed by atoms with Gasteiger partial charge in [-0.25, -0.2) is 0 Å². The highest BCUT2D eigenvalue weighted by molar-refractivity contribution is 7.89. The molecule has 1 aliphatic rings. The molecule has 2 aromatic rings. The number of hydrogen-bond donors (Lipinski definition) is 1. The summed E-state index contributed by atoms with van der Waals surface area (Å²) in [7, 11) is -3.65. The summed E-state index contributed by atoms with van der Waals surface area (Å²) < 4.78 is 24.7. The first-order chi connectivity index (χ1) is 13.4. The molecule has 0 heterocycles. The molecule has 0 aromatic heterocycles. The van der Waals surface area contributed by atoms with E-state index in [9.17, 15) is 8.42 Å². The highest BCUT2D eigenvalue weighted by atomic mass is 32.2. The van der Waals surface area contributed by atoms with E-state index >= 15 is 0 Å². The minimum atomic E-state index is -3.65. The van der Waals surface area contributed by atoms with Gasteiger partial charge in [-0.15, -0.1) is 0 Å². The van der Waals surface area contributed by atoms with Gasteiger partial charge in [-0.1, -0.05) is 55.3 Å². The van der Waals surface area contributed by atoms with Crippen molar-refractivity contribution in [1.82, 2.24) is 4.83 Å². The van der Waals surface area contributed by atoms with Crippen LogP contribution in [0.3, 0.4) is 0 Å². The van der Waals surface area contributed by atoms with Crippen molar-refractivity contribution < 1.29 is 8.42 Å². The van der Waals surface area contributed by atoms with E-state index in [4.69, 9.17) is 0 Å². The van der Waals surface area contributed by atoms with Crippen LogP contribution < -0.4 is 4.83 Å². The average molecular weight is 399 g/mol. The predicted molar refractivity (Wildman–Crippen MR) is 115 cm³/mol. The summed E-state index contributed by atoms with van der Waals surface area (Å²) in [6, 6.07) is 15.1. The zero-order chi connectivity index (χ0) is 20.1. The summed E-state index contributed by atoms with van der Waals surface area (Å²) in [6.07, 6.45) is 6.47. The van der Waals surface area contributed by atoms with Crippen molar-refractivity contribution in [1.29, 1.82) is 0 Å². The molecule has 0 saturated heterocycles. The van der Waals surface area contributed by atoms with Crippen molar-refractivity contribution in [3.63, 3.8) is 0 Å². The fourth-order valence-electron chi connectivity index (χ4n) is 3.86. The molecule has 3 rings (SSSR count). The highest BCUT2D eigenvalue weighted by Crippen LogP contribution is 2.36. The Kier molecular flexibility index (Phi) is 6.55. The van der Waals surface area contributed by atoms with Gasteiger partial charge in [0.2, 0.25) is 0 Å². The summed E-state index contributed by atoms with van der Waals surface area (Å²) in [5.74, 6) is 1.54. The van der Waals surface area contributed by atoms with Gasteiger partial charge in [0.05, 0.1) is 10.6 Å². The standard InChI is InChI=1S/C23H30N2O2S/c1-4-19-7-9-21(10-8-19)22-13-11-20(12-14-22)18(3)24-25-28(26,27)23-15-5-17(2)6-16-23/h5-6,11-16,19,21,25H,4,7-10H2,1-3H3. The van der Waals surface area contributed by atoms with Crippen LogP contribution in [-0.2, 0) is 10.0 Å². The fourth-order valence-corrected chi connectivity index (χ4v) is 4.72. The molecule has 0 unspecified atom stereocenters. The molecule has 0 atom stereocenters. The average Bonchev–Trinajstić information content (AvgIpc) is 2.72. The number of nitrogens with one attached hydrogen (secondary N) is 1. The summed E-state index contributed by atoms with van der Waals surface area (Å²) in [6.45, 7) is 6.03. The van der Waals surface area contributed by atoms with E-state index in [0.29, 0.717) is 11.6 Å². The van der Waals surface area contributed by atoms with Gasteiger partial charge >= 0.3 is 0 Å². The van der Waals surface area contributed by atoms with Crippen molar-refractivity contribution in [2.45, 2.75) is 63.7 Å². The van der Waals surface area contributed by atoms with Gasteiger partial charge in [0.1, 0.15) is 0 Å². The highest BCUT2D eigenvalue weighted by Gasteiger charge is 2.21. The molecular formula is C23H30N2O2S. The van der Waals surface area contributed by atoms with Crippen LogP contribution in [0.1, 0.15) is 68.6 Å². The summed E-state index contributed by atoms with van der Waals surface area (Å²) in [5, 5.41) is 4.11.